The molecule has 3 heteroatoms. The average Bonchev–Trinajstić information content (AvgIpc) is 2.98. The first-order valence-electron chi connectivity index (χ1n) is 10.4. The fourth-order valence-electron chi connectivity index (χ4n) is 7.54. The maximum atomic E-state index is 15.3. The van der Waals surface area contributed by atoms with Crippen LogP contribution in [0.25, 0.3) is 0 Å². The Morgan fingerprint density at radius 2 is 1.68 bits per heavy atom. The van der Waals surface area contributed by atoms with Gasteiger partial charge in [0, 0.05) is 27.1 Å². The van der Waals surface area contributed by atoms with E-state index >= 15 is 4.39 Å². The maximum Gasteiger partial charge on any atom is 0.167 e. The number of fused-ring (bicyclic) bond motifs is 5. The molecule has 4 aliphatic rings. The average molecular weight is 351 g/mol. The van der Waals surface area contributed by atoms with Crippen molar-refractivity contribution in [1.29, 1.82) is 0 Å². The van der Waals surface area contributed by atoms with Gasteiger partial charge in [-0.15, -0.1) is 0 Å². The molecule has 0 aromatic heterocycles. The normalized spacial score (nSPS) is 50.2. The second-order valence-corrected chi connectivity index (χ2v) is 9.38. The lowest BCUT2D eigenvalue weighted by molar-refractivity contribution is -0.253. The van der Waals surface area contributed by atoms with E-state index in [0.29, 0.717) is 23.2 Å². The van der Waals surface area contributed by atoms with Crippen molar-refractivity contribution in [3.8, 4) is 0 Å². The van der Waals surface area contributed by atoms with Crippen molar-refractivity contribution in [2.24, 2.45) is 35.0 Å². The van der Waals surface area contributed by atoms with Gasteiger partial charge < -0.3 is 9.47 Å². The fraction of sp³-hybridized carbons (Fsp3) is 0.909. The highest BCUT2D eigenvalue weighted by molar-refractivity contribution is 5.23. The fourth-order valence-corrected chi connectivity index (χ4v) is 7.54. The molecule has 0 aromatic carbocycles. The molecule has 0 radical (unpaired) electrons. The minimum Gasteiger partial charge on any atom is -0.353 e. The smallest absolute Gasteiger partial charge is 0.167 e. The topological polar surface area (TPSA) is 18.5 Å². The Balaban J connectivity index is 1.59. The minimum atomic E-state index is -0.687. The Morgan fingerprint density at radius 3 is 2.36 bits per heavy atom. The molecule has 0 spiro atoms. The van der Waals surface area contributed by atoms with Crippen LogP contribution in [0.4, 0.5) is 4.39 Å². The van der Waals surface area contributed by atoms with E-state index in [1.165, 1.54) is 25.7 Å². The van der Waals surface area contributed by atoms with E-state index in [1.54, 1.807) is 19.8 Å². The van der Waals surface area contributed by atoms with Crippen molar-refractivity contribution in [3.05, 3.63) is 11.6 Å². The SMILES string of the molecule is C/C=C1/CCC2[C@@H]3C[C@@H](F)C4CC(OC)(OC)CC[C@@H]4C3CC[C@]12C. The summed E-state index contributed by atoms with van der Waals surface area (Å²) in [4.78, 5) is 0. The first-order chi connectivity index (χ1) is 12.0. The lowest BCUT2D eigenvalue weighted by Gasteiger charge is -2.57. The first kappa shape index (κ1) is 18.0. The van der Waals surface area contributed by atoms with Crippen LogP contribution in [-0.4, -0.2) is 26.2 Å². The molecule has 7 atom stereocenters. The molecular weight excluding hydrogens is 315 g/mol. The van der Waals surface area contributed by atoms with E-state index in [9.17, 15) is 0 Å². The summed E-state index contributed by atoms with van der Waals surface area (Å²) in [6, 6.07) is 0. The molecule has 4 rings (SSSR count). The van der Waals surface area contributed by atoms with Crippen LogP contribution in [0.15, 0.2) is 11.6 Å². The van der Waals surface area contributed by atoms with Gasteiger partial charge >= 0.3 is 0 Å². The second-order valence-electron chi connectivity index (χ2n) is 9.38. The zero-order valence-corrected chi connectivity index (χ0v) is 16.4. The Kier molecular flexibility index (Phi) is 4.56. The monoisotopic (exact) mass is 350 g/mol. The highest BCUT2D eigenvalue weighted by Gasteiger charge is 2.58. The number of alkyl halides is 1. The third-order valence-electron chi connectivity index (χ3n) is 8.90. The van der Waals surface area contributed by atoms with Crippen LogP contribution < -0.4 is 0 Å². The number of hydrogen-bond donors (Lipinski definition) is 0. The standard InChI is InChI=1S/C22H35FO2/c1-5-14-6-7-19-17-12-20(23)18-13-22(24-3,25-4)11-9-16(18)15(17)8-10-21(14,19)2/h5,15-20H,6-13H2,1-4H3/b14-5-/t15?,16-,17-,18?,19?,20-,21-/m1/s1. The molecule has 4 saturated carbocycles. The number of ether oxygens (including phenoxy) is 2. The molecule has 142 valence electrons. The maximum absolute atomic E-state index is 15.3. The third kappa shape index (κ3) is 2.56. The second kappa shape index (κ2) is 6.34. The summed E-state index contributed by atoms with van der Waals surface area (Å²) in [6.07, 6.45) is 10.3. The molecule has 2 nitrogen and oxygen atoms in total. The van der Waals surface area contributed by atoms with Crippen LogP contribution in [0.2, 0.25) is 0 Å². The van der Waals surface area contributed by atoms with E-state index in [1.807, 2.05) is 0 Å². The van der Waals surface area contributed by atoms with Gasteiger partial charge in [0.1, 0.15) is 6.17 Å². The minimum absolute atomic E-state index is 0.127. The Labute approximate surface area is 152 Å². The summed E-state index contributed by atoms with van der Waals surface area (Å²) in [7, 11) is 3.43. The predicted octanol–water partition coefficient (Wildman–Crippen LogP) is 5.52. The predicted molar refractivity (Wildman–Crippen MR) is 97.9 cm³/mol. The largest absolute Gasteiger partial charge is 0.353 e. The summed E-state index contributed by atoms with van der Waals surface area (Å²) >= 11 is 0. The Bertz CT molecular complexity index is 540. The number of rotatable bonds is 2. The van der Waals surface area contributed by atoms with Gasteiger partial charge in [0.05, 0.1) is 0 Å². The van der Waals surface area contributed by atoms with Gasteiger partial charge in [0.2, 0.25) is 0 Å². The van der Waals surface area contributed by atoms with Crippen molar-refractivity contribution in [2.75, 3.05) is 14.2 Å². The molecule has 0 bridgehead atoms. The molecule has 0 heterocycles. The Morgan fingerprint density at radius 1 is 1.00 bits per heavy atom. The van der Waals surface area contributed by atoms with Crippen LogP contribution in [0.1, 0.15) is 65.2 Å². The van der Waals surface area contributed by atoms with Crippen LogP contribution in [-0.2, 0) is 9.47 Å². The zero-order chi connectivity index (χ0) is 17.8. The summed E-state index contributed by atoms with van der Waals surface area (Å²) in [5, 5.41) is 0. The van der Waals surface area contributed by atoms with Gasteiger partial charge in [-0.1, -0.05) is 18.6 Å². The number of allylic oxidation sites excluding steroid dienone is 2. The van der Waals surface area contributed by atoms with Crippen LogP contribution in [0.5, 0.6) is 0 Å². The number of halogens is 1. The molecule has 0 amide bonds. The molecule has 3 unspecified atom stereocenters. The van der Waals surface area contributed by atoms with Gasteiger partial charge in [0.25, 0.3) is 0 Å². The molecule has 25 heavy (non-hydrogen) atoms. The van der Waals surface area contributed by atoms with Crippen molar-refractivity contribution < 1.29 is 13.9 Å². The van der Waals surface area contributed by atoms with Gasteiger partial charge in [-0.3, -0.25) is 0 Å². The van der Waals surface area contributed by atoms with E-state index in [0.717, 1.165) is 31.6 Å². The first-order valence-corrected chi connectivity index (χ1v) is 10.4. The van der Waals surface area contributed by atoms with Crippen molar-refractivity contribution in [2.45, 2.75) is 77.2 Å². The highest BCUT2D eigenvalue weighted by Crippen LogP contribution is 2.64. The molecular formula is C22H35FO2. The van der Waals surface area contributed by atoms with Crippen molar-refractivity contribution in [1.82, 2.24) is 0 Å². The lowest BCUT2D eigenvalue weighted by Crippen LogP contribution is -2.54. The molecule has 0 aromatic rings. The van der Waals surface area contributed by atoms with Crippen LogP contribution in [0, 0.1) is 35.0 Å². The molecule has 4 fully saturated rings. The molecule has 0 saturated heterocycles. The van der Waals surface area contributed by atoms with E-state index in [2.05, 4.69) is 19.9 Å². The highest BCUT2D eigenvalue weighted by atomic mass is 19.1. The zero-order valence-electron chi connectivity index (χ0n) is 16.4. The quantitative estimate of drug-likeness (QED) is 0.482. The van der Waals surface area contributed by atoms with Crippen LogP contribution in [0.3, 0.4) is 0 Å². The van der Waals surface area contributed by atoms with Crippen molar-refractivity contribution >= 4 is 0 Å². The van der Waals surface area contributed by atoms with E-state index < -0.39 is 12.0 Å². The van der Waals surface area contributed by atoms with E-state index in [-0.39, 0.29) is 5.92 Å². The van der Waals surface area contributed by atoms with Gasteiger partial charge in [-0.25, -0.2) is 4.39 Å². The van der Waals surface area contributed by atoms with Crippen molar-refractivity contribution in [3.63, 3.8) is 0 Å². The number of methoxy groups -OCH3 is 2. The van der Waals surface area contributed by atoms with Crippen LogP contribution >= 0.6 is 0 Å². The molecule has 4 aliphatic carbocycles. The van der Waals surface area contributed by atoms with Gasteiger partial charge in [-0.05, 0) is 80.5 Å². The third-order valence-corrected chi connectivity index (χ3v) is 8.90. The molecule has 0 aliphatic heterocycles. The summed E-state index contributed by atoms with van der Waals surface area (Å²) in [6.45, 7) is 4.66. The van der Waals surface area contributed by atoms with Gasteiger partial charge in [0.15, 0.2) is 5.79 Å². The lowest BCUT2D eigenvalue weighted by atomic mass is 9.49. The summed E-state index contributed by atoms with van der Waals surface area (Å²) in [5.74, 6) is 2.12. The van der Waals surface area contributed by atoms with Gasteiger partial charge in [-0.2, -0.15) is 0 Å². The number of hydrogen-bond acceptors (Lipinski definition) is 2. The summed E-state index contributed by atoms with van der Waals surface area (Å²) < 4.78 is 26.7. The Hall–Kier alpha value is -0.410. The summed E-state index contributed by atoms with van der Waals surface area (Å²) in [5.41, 5.74) is 2.00. The molecule has 0 N–H and O–H groups in total. The van der Waals surface area contributed by atoms with E-state index in [4.69, 9.17) is 9.47 Å².